The summed E-state index contributed by atoms with van der Waals surface area (Å²) in [6, 6.07) is 45.7. The molecule has 6 nitrogen and oxygen atoms in total. The van der Waals surface area contributed by atoms with Crippen molar-refractivity contribution < 1.29 is 8.83 Å². The van der Waals surface area contributed by atoms with Gasteiger partial charge in [-0.05, 0) is 76.4 Å². The van der Waals surface area contributed by atoms with Gasteiger partial charge in [-0.1, -0.05) is 97.1 Å². The molecule has 2 unspecified atom stereocenters. The summed E-state index contributed by atoms with van der Waals surface area (Å²) in [6.45, 7) is 0. The van der Waals surface area contributed by atoms with E-state index < -0.39 is 6.17 Å². The van der Waals surface area contributed by atoms with Crippen LogP contribution in [0.4, 0.5) is 0 Å². The molecule has 0 aliphatic carbocycles. The summed E-state index contributed by atoms with van der Waals surface area (Å²) in [6.07, 6.45) is 2.87. The first-order valence-corrected chi connectivity index (χ1v) is 16.1. The number of nitrogens with one attached hydrogen (secondary N) is 1. The maximum Gasteiger partial charge on any atom is 0.136 e. The Balaban J connectivity index is 1.16. The van der Waals surface area contributed by atoms with E-state index in [9.17, 15) is 0 Å². The van der Waals surface area contributed by atoms with Gasteiger partial charge in [-0.15, -0.1) is 0 Å². The Bertz CT molecular complexity index is 2710. The van der Waals surface area contributed by atoms with Gasteiger partial charge in [0.15, 0.2) is 0 Å². The number of hydrogen-bond donors (Lipinski definition) is 1. The van der Waals surface area contributed by atoms with Crippen LogP contribution >= 0.6 is 0 Å². The fourth-order valence-electron chi connectivity index (χ4n) is 7.19. The molecular formula is C42H27N4O2-. The summed E-state index contributed by atoms with van der Waals surface area (Å²) in [5, 5.41) is 15.5. The highest BCUT2D eigenvalue weighted by atomic mass is 16.3. The number of rotatable bonds is 4. The van der Waals surface area contributed by atoms with E-state index in [1.54, 1.807) is 0 Å². The third-order valence-electron chi connectivity index (χ3n) is 9.38. The highest BCUT2D eigenvalue weighted by molar-refractivity contribution is 6.16. The second-order valence-corrected chi connectivity index (χ2v) is 12.2. The van der Waals surface area contributed by atoms with E-state index in [4.69, 9.17) is 19.1 Å². The SMILES string of the molecule is c1ccc(C2=NC(c3cccc4oc5ccccc5c34)[N-]C(c3ccccc3-c3cccc4oc5cc6ccncc6cc5c34)N2)cc1. The Hall–Kier alpha value is -6.24. The predicted octanol–water partition coefficient (Wildman–Crippen LogP) is 10.8. The fourth-order valence-corrected chi connectivity index (χ4v) is 7.19. The molecule has 10 rings (SSSR count). The van der Waals surface area contributed by atoms with Gasteiger partial charge in [0.05, 0.1) is 0 Å². The maximum atomic E-state index is 6.44. The lowest BCUT2D eigenvalue weighted by Crippen LogP contribution is -2.34. The summed E-state index contributed by atoms with van der Waals surface area (Å²) >= 11 is 0. The number of nitrogens with zero attached hydrogens (tertiary/aromatic N) is 3. The Morgan fingerprint density at radius 3 is 2.23 bits per heavy atom. The first-order chi connectivity index (χ1) is 23.8. The number of pyridine rings is 1. The molecule has 0 fully saturated rings. The lowest BCUT2D eigenvalue weighted by atomic mass is 9.93. The lowest BCUT2D eigenvalue weighted by Gasteiger charge is -2.44. The Kier molecular flexibility index (Phi) is 5.98. The molecule has 1 aliphatic heterocycles. The predicted molar refractivity (Wildman–Crippen MR) is 193 cm³/mol. The van der Waals surface area contributed by atoms with Crippen LogP contribution < -0.4 is 5.32 Å². The van der Waals surface area contributed by atoms with Crippen molar-refractivity contribution in [3.63, 3.8) is 0 Å². The van der Waals surface area contributed by atoms with E-state index in [2.05, 4.69) is 83.1 Å². The molecule has 0 radical (unpaired) electrons. The van der Waals surface area contributed by atoms with Crippen LogP contribution in [0, 0.1) is 0 Å². The lowest BCUT2D eigenvalue weighted by molar-refractivity contribution is 0.633. The molecule has 48 heavy (non-hydrogen) atoms. The normalized spacial score (nSPS) is 16.5. The van der Waals surface area contributed by atoms with Crippen LogP contribution in [0.25, 0.3) is 71.1 Å². The molecule has 0 saturated heterocycles. The maximum absolute atomic E-state index is 6.44. The van der Waals surface area contributed by atoms with E-state index in [0.29, 0.717) is 0 Å². The summed E-state index contributed by atoms with van der Waals surface area (Å²) < 4.78 is 12.7. The van der Waals surface area contributed by atoms with Crippen LogP contribution in [-0.4, -0.2) is 10.8 Å². The number of hydrogen-bond acceptors (Lipinski definition) is 5. The smallest absolute Gasteiger partial charge is 0.136 e. The van der Waals surface area contributed by atoms with E-state index >= 15 is 0 Å². The molecular weight excluding hydrogens is 592 g/mol. The zero-order chi connectivity index (χ0) is 31.6. The fraction of sp³-hybridized carbons (Fsp3) is 0.0476. The molecule has 6 aromatic carbocycles. The van der Waals surface area contributed by atoms with Crippen LogP contribution in [0.1, 0.15) is 29.0 Å². The van der Waals surface area contributed by atoms with Gasteiger partial charge in [0.2, 0.25) is 0 Å². The first-order valence-electron chi connectivity index (χ1n) is 16.1. The Morgan fingerprint density at radius 1 is 0.562 bits per heavy atom. The molecule has 0 amide bonds. The minimum Gasteiger partial charge on any atom is -0.613 e. The molecule has 0 saturated carbocycles. The van der Waals surface area contributed by atoms with Crippen molar-refractivity contribution in [1.82, 2.24) is 10.3 Å². The van der Waals surface area contributed by atoms with E-state index in [1.807, 2.05) is 73.1 Å². The number of amidine groups is 1. The molecule has 0 spiro atoms. The second-order valence-electron chi connectivity index (χ2n) is 12.2. The van der Waals surface area contributed by atoms with Crippen molar-refractivity contribution in [3.8, 4) is 11.1 Å². The van der Waals surface area contributed by atoms with Crippen LogP contribution in [0.5, 0.6) is 0 Å². The minimum absolute atomic E-state index is 0.384. The number of aromatic nitrogens is 1. The summed E-state index contributed by atoms with van der Waals surface area (Å²) in [4.78, 5) is 9.59. The van der Waals surface area contributed by atoms with Gasteiger partial charge in [0.25, 0.3) is 0 Å². The monoisotopic (exact) mass is 619 g/mol. The Labute approximate surface area is 275 Å². The van der Waals surface area contributed by atoms with Crippen LogP contribution in [-0.2, 0) is 0 Å². The average molecular weight is 620 g/mol. The van der Waals surface area contributed by atoms with Crippen molar-refractivity contribution >= 4 is 60.5 Å². The summed E-state index contributed by atoms with van der Waals surface area (Å²) in [5.74, 6) is 0.797. The molecule has 4 heterocycles. The zero-order valence-corrected chi connectivity index (χ0v) is 25.7. The number of benzene rings is 6. The van der Waals surface area contributed by atoms with E-state index in [-0.39, 0.29) is 6.17 Å². The number of aliphatic imine (C=N–C) groups is 1. The topological polar surface area (TPSA) is 77.7 Å². The van der Waals surface area contributed by atoms with Gasteiger partial charge in [-0.2, -0.15) is 0 Å². The largest absolute Gasteiger partial charge is 0.613 e. The highest BCUT2D eigenvalue weighted by Gasteiger charge is 2.23. The summed E-state index contributed by atoms with van der Waals surface area (Å²) in [7, 11) is 0. The minimum atomic E-state index is -0.464. The van der Waals surface area contributed by atoms with Crippen molar-refractivity contribution in [2.24, 2.45) is 4.99 Å². The number of fused-ring (bicyclic) bond motifs is 7. The molecule has 228 valence electrons. The first kappa shape index (κ1) is 26.9. The highest BCUT2D eigenvalue weighted by Crippen LogP contribution is 2.45. The Morgan fingerprint density at radius 2 is 1.29 bits per heavy atom. The molecule has 2 atom stereocenters. The van der Waals surface area contributed by atoms with Gasteiger partial charge >= 0.3 is 0 Å². The van der Waals surface area contributed by atoms with Crippen molar-refractivity contribution in [2.75, 3.05) is 0 Å². The molecule has 1 aliphatic rings. The molecule has 9 aromatic rings. The average Bonchev–Trinajstić information content (AvgIpc) is 3.72. The number of furan rings is 2. The quantitative estimate of drug-likeness (QED) is 0.213. The van der Waals surface area contributed by atoms with Crippen LogP contribution in [0.3, 0.4) is 0 Å². The second kappa shape index (κ2) is 10.7. The van der Waals surface area contributed by atoms with E-state index in [1.165, 1.54) is 0 Å². The van der Waals surface area contributed by atoms with Crippen molar-refractivity contribution in [2.45, 2.75) is 12.3 Å². The molecule has 0 bridgehead atoms. The summed E-state index contributed by atoms with van der Waals surface area (Å²) in [5.41, 5.74) is 8.63. The van der Waals surface area contributed by atoms with Gasteiger partial charge in [-0.3, -0.25) is 9.98 Å². The van der Waals surface area contributed by atoms with Crippen molar-refractivity contribution in [1.29, 1.82) is 0 Å². The number of para-hydroxylation sites is 1. The van der Waals surface area contributed by atoms with Gasteiger partial charge < -0.3 is 19.5 Å². The van der Waals surface area contributed by atoms with Crippen LogP contribution in [0.15, 0.2) is 160 Å². The van der Waals surface area contributed by atoms with Crippen LogP contribution in [0.2, 0.25) is 0 Å². The van der Waals surface area contributed by atoms with E-state index in [0.717, 1.165) is 88.3 Å². The third-order valence-corrected chi connectivity index (χ3v) is 9.38. The molecule has 3 aromatic heterocycles. The van der Waals surface area contributed by atoms with Gasteiger partial charge in [0, 0.05) is 44.9 Å². The molecule has 6 heteroatoms. The van der Waals surface area contributed by atoms with Crippen molar-refractivity contribution in [3.05, 3.63) is 168 Å². The third kappa shape index (κ3) is 4.24. The van der Waals surface area contributed by atoms with Gasteiger partial charge in [0.1, 0.15) is 28.2 Å². The standard InChI is InChI=1S/C42H27N4O2/c1-2-10-25(11-3-1)40-44-41(46-42(45-40)32-16-9-19-36-39(32)31-14-6-7-17-34(31)47-36)30-13-5-4-12-28(30)29-15-8-18-35-38(29)33-22-27-24-43-21-20-26(27)23-37(33)48-35/h1-24,41-42H,(H,44,45)/q-1. The zero-order valence-electron chi connectivity index (χ0n) is 25.7. The molecule has 1 N–H and O–H groups in total. The van der Waals surface area contributed by atoms with Gasteiger partial charge in [-0.25, -0.2) is 0 Å².